The zero-order valence-electron chi connectivity index (χ0n) is 7.50. The SMILES string of the molecule is O=c1c(CBr)c(CCCBr)on1CO. The number of aryl methyl sites for hydroxylation is 1. The van der Waals surface area contributed by atoms with Crippen LogP contribution in [-0.2, 0) is 18.5 Å². The Bertz CT molecular complexity index is 345. The van der Waals surface area contributed by atoms with Gasteiger partial charge >= 0.3 is 0 Å². The molecule has 1 rings (SSSR count). The summed E-state index contributed by atoms with van der Waals surface area (Å²) in [6.07, 6.45) is 1.60. The summed E-state index contributed by atoms with van der Waals surface area (Å²) in [4.78, 5) is 11.5. The number of hydrogen-bond donors (Lipinski definition) is 1. The lowest BCUT2D eigenvalue weighted by molar-refractivity contribution is 0.0978. The van der Waals surface area contributed by atoms with Gasteiger partial charge in [0.25, 0.3) is 5.56 Å². The Kier molecular flexibility index (Phi) is 4.91. The number of aliphatic hydroxyl groups excluding tert-OH is 1. The smallest absolute Gasteiger partial charge is 0.289 e. The molecular weight excluding hydrogens is 318 g/mol. The summed E-state index contributed by atoms with van der Waals surface area (Å²) in [5, 5.41) is 10.1. The van der Waals surface area contributed by atoms with Gasteiger partial charge in [-0.1, -0.05) is 31.9 Å². The van der Waals surface area contributed by atoms with Crippen LogP contribution in [0.5, 0.6) is 0 Å². The van der Waals surface area contributed by atoms with Crippen LogP contribution in [0.2, 0.25) is 0 Å². The molecule has 0 saturated heterocycles. The van der Waals surface area contributed by atoms with Crippen LogP contribution in [0.4, 0.5) is 0 Å². The van der Waals surface area contributed by atoms with Crippen LogP contribution in [0.15, 0.2) is 9.32 Å². The van der Waals surface area contributed by atoms with Gasteiger partial charge in [0, 0.05) is 17.1 Å². The highest BCUT2D eigenvalue weighted by Gasteiger charge is 2.14. The lowest BCUT2D eigenvalue weighted by Gasteiger charge is -1.94. The number of hydrogen-bond acceptors (Lipinski definition) is 3. The maximum atomic E-state index is 11.5. The standard InChI is InChI=1S/C8H11Br2NO3/c9-3-1-2-7-6(4-10)8(13)11(5-12)14-7/h12H,1-5H2. The molecule has 0 bridgehead atoms. The molecule has 1 aromatic rings. The lowest BCUT2D eigenvalue weighted by atomic mass is 10.2. The van der Waals surface area contributed by atoms with E-state index in [9.17, 15) is 4.79 Å². The van der Waals surface area contributed by atoms with E-state index in [4.69, 9.17) is 9.63 Å². The summed E-state index contributed by atoms with van der Waals surface area (Å²) < 4.78 is 6.15. The van der Waals surface area contributed by atoms with Crippen molar-refractivity contribution >= 4 is 31.9 Å². The Morgan fingerprint density at radius 3 is 2.64 bits per heavy atom. The average molecular weight is 329 g/mol. The summed E-state index contributed by atoms with van der Waals surface area (Å²) in [6, 6.07) is 0. The molecule has 0 fully saturated rings. The molecule has 0 aliphatic carbocycles. The molecule has 0 atom stereocenters. The van der Waals surface area contributed by atoms with Crippen molar-refractivity contribution in [2.45, 2.75) is 24.9 Å². The van der Waals surface area contributed by atoms with E-state index in [2.05, 4.69) is 31.9 Å². The van der Waals surface area contributed by atoms with E-state index in [0.29, 0.717) is 23.1 Å². The van der Waals surface area contributed by atoms with Crippen molar-refractivity contribution in [3.8, 4) is 0 Å². The van der Waals surface area contributed by atoms with E-state index < -0.39 is 6.73 Å². The highest BCUT2D eigenvalue weighted by atomic mass is 79.9. The molecule has 14 heavy (non-hydrogen) atoms. The number of aliphatic hydroxyl groups is 1. The summed E-state index contributed by atoms with van der Waals surface area (Å²) in [5.41, 5.74) is 0.342. The first-order valence-corrected chi connectivity index (χ1v) is 6.43. The van der Waals surface area contributed by atoms with E-state index in [0.717, 1.165) is 16.5 Å². The van der Waals surface area contributed by atoms with Crippen LogP contribution in [0.3, 0.4) is 0 Å². The summed E-state index contributed by atoms with van der Waals surface area (Å²) >= 11 is 6.53. The van der Waals surface area contributed by atoms with Crippen molar-refractivity contribution in [2.75, 3.05) is 5.33 Å². The molecule has 0 aliphatic rings. The van der Waals surface area contributed by atoms with Crippen LogP contribution in [0, 0.1) is 0 Å². The first-order valence-electron chi connectivity index (χ1n) is 4.19. The van der Waals surface area contributed by atoms with Gasteiger partial charge in [-0.05, 0) is 6.42 Å². The normalized spacial score (nSPS) is 10.8. The third-order valence-corrected chi connectivity index (χ3v) is 2.96. The van der Waals surface area contributed by atoms with Gasteiger partial charge < -0.3 is 9.63 Å². The highest BCUT2D eigenvalue weighted by molar-refractivity contribution is 9.09. The fourth-order valence-electron chi connectivity index (χ4n) is 1.15. The van der Waals surface area contributed by atoms with Gasteiger partial charge in [0.15, 0.2) is 6.73 Å². The van der Waals surface area contributed by atoms with E-state index >= 15 is 0 Å². The molecular formula is C8H11Br2NO3. The average Bonchev–Trinajstić information content (AvgIpc) is 2.51. The van der Waals surface area contributed by atoms with Crippen molar-refractivity contribution in [1.29, 1.82) is 0 Å². The first-order chi connectivity index (χ1) is 6.74. The molecule has 0 aromatic carbocycles. The predicted molar refractivity (Wildman–Crippen MR) is 59.9 cm³/mol. The van der Waals surface area contributed by atoms with E-state index in [1.165, 1.54) is 0 Å². The molecule has 1 heterocycles. The predicted octanol–water partition coefficient (Wildman–Crippen LogP) is 1.61. The summed E-state index contributed by atoms with van der Waals surface area (Å²) in [5.74, 6) is 0.653. The quantitative estimate of drug-likeness (QED) is 0.835. The fraction of sp³-hybridized carbons (Fsp3) is 0.625. The van der Waals surface area contributed by atoms with Crippen molar-refractivity contribution in [2.24, 2.45) is 0 Å². The maximum absolute atomic E-state index is 11.5. The fourth-order valence-corrected chi connectivity index (χ4v) is 1.98. The maximum Gasteiger partial charge on any atom is 0.289 e. The Morgan fingerprint density at radius 1 is 1.43 bits per heavy atom. The van der Waals surface area contributed by atoms with Crippen LogP contribution in [0.1, 0.15) is 17.7 Å². The first kappa shape index (κ1) is 12.0. The minimum atomic E-state index is -0.410. The molecule has 0 saturated carbocycles. The topological polar surface area (TPSA) is 55.4 Å². The van der Waals surface area contributed by atoms with Crippen LogP contribution in [-0.4, -0.2) is 15.2 Å². The van der Waals surface area contributed by atoms with Gasteiger partial charge in [-0.2, -0.15) is 0 Å². The van der Waals surface area contributed by atoms with Crippen LogP contribution >= 0.6 is 31.9 Å². The molecule has 1 aromatic heterocycles. The number of aromatic nitrogens is 1. The zero-order valence-corrected chi connectivity index (χ0v) is 10.7. The molecule has 0 spiro atoms. The molecule has 0 amide bonds. The van der Waals surface area contributed by atoms with Crippen LogP contribution in [0.25, 0.3) is 0 Å². The second-order valence-corrected chi connectivity index (χ2v) is 4.10. The van der Waals surface area contributed by atoms with Crippen molar-refractivity contribution < 1.29 is 9.63 Å². The van der Waals surface area contributed by atoms with Gasteiger partial charge in [-0.25, -0.2) is 0 Å². The molecule has 6 heteroatoms. The molecule has 4 nitrogen and oxygen atoms in total. The van der Waals surface area contributed by atoms with Crippen molar-refractivity contribution in [3.63, 3.8) is 0 Å². The Labute approximate surface area is 98.1 Å². The van der Waals surface area contributed by atoms with Crippen LogP contribution < -0.4 is 5.56 Å². The third-order valence-electron chi connectivity index (χ3n) is 1.84. The van der Waals surface area contributed by atoms with Gasteiger partial charge in [-0.15, -0.1) is 4.74 Å². The largest absolute Gasteiger partial charge is 0.378 e. The molecule has 0 radical (unpaired) electrons. The highest BCUT2D eigenvalue weighted by Crippen LogP contribution is 2.12. The number of rotatable bonds is 5. The van der Waals surface area contributed by atoms with Gasteiger partial charge in [0.1, 0.15) is 5.76 Å². The Balaban J connectivity index is 2.97. The van der Waals surface area contributed by atoms with Crippen molar-refractivity contribution in [1.82, 2.24) is 4.74 Å². The number of nitrogens with zero attached hydrogens (tertiary/aromatic N) is 1. The van der Waals surface area contributed by atoms with E-state index in [1.54, 1.807) is 0 Å². The molecule has 80 valence electrons. The Hall–Kier alpha value is -0.0700. The molecule has 0 unspecified atom stereocenters. The van der Waals surface area contributed by atoms with E-state index in [-0.39, 0.29) is 5.56 Å². The monoisotopic (exact) mass is 327 g/mol. The number of halogens is 2. The summed E-state index contributed by atoms with van der Waals surface area (Å²) in [7, 11) is 0. The summed E-state index contributed by atoms with van der Waals surface area (Å²) in [6.45, 7) is -0.410. The second-order valence-electron chi connectivity index (χ2n) is 2.74. The van der Waals surface area contributed by atoms with Gasteiger partial charge in [-0.3, -0.25) is 4.79 Å². The zero-order chi connectivity index (χ0) is 10.6. The number of alkyl halides is 2. The minimum Gasteiger partial charge on any atom is -0.378 e. The lowest BCUT2D eigenvalue weighted by Crippen LogP contribution is -2.16. The third kappa shape index (κ3) is 2.49. The van der Waals surface area contributed by atoms with Crippen molar-refractivity contribution in [3.05, 3.63) is 21.7 Å². The Morgan fingerprint density at radius 2 is 2.14 bits per heavy atom. The molecule has 1 N–H and O–H groups in total. The molecule has 0 aliphatic heterocycles. The van der Waals surface area contributed by atoms with Gasteiger partial charge in [0.2, 0.25) is 0 Å². The minimum absolute atomic E-state index is 0.256. The van der Waals surface area contributed by atoms with E-state index in [1.807, 2.05) is 0 Å². The second kappa shape index (κ2) is 5.72. The van der Waals surface area contributed by atoms with Gasteiger partial charge in [0.05, 0.1) is 5.56 Å².